The molecule has 0 unspecified atom stereocenters. The zero-order chi connectivity index (χ0) is 11.1. The summed E-state index contributed by atoms with van der Waals surface area (Å²) in [5, 5.41) is 0. The average molecular weight is 231 g/mol. The molecule has 1 aliphatic rings. The van der Waals surface area contributed by atoms with Gasteiger partial charge >= 0.3 is 0 Å². The highest BCUT2D eigenvalue weighted by molar-refractivity contribution is 7.98. The topological polar surface area (TPSA) is 32.5 Å². The minimum atomic E-state index is 0.362. The van der Waals surface area contributed by atoms with Crippen molar-refractivity contribution >= 4 is 11.8 Å². The van der Waals surface area contributed by atoms with Crippen molar-refractivity contribution in [1.82, 2.24) is 9.80 Å². The fraction of sp³-hybridized carbons (Fsp3) is 1.00. The fourth-order valence-corrected chi connectivity index (χ4v) is 2.51. The maximum Gasteiger partial charge on any atom is 0.0175 e. The molecule has 0 radical (unpaired) electrons. The molecule has 1 rings (SSSR count). The Morgan fingerprint density at radius 3 is 2.80 bits per heavy atom. The summed E-state index contributed by atoms with van der Waals surface area (Å²) >= 11 is 1.89. The lowest BCUT2D eigenvalue weighted by Gasteiger charge is -2.23. The first-order valence-electron chi connectivity index (χ1n) is 5.88. The van der Waals surface area contributed by atoms with E-state index in [4.69, 9.17) is 5.73 Å². The van der Waals surface area contributed by atoms with Crippen molar-refractivity contribution in [2.75, 3.05) is 51.8 Å². The first-order valence-corrected chi connectivity index (χ1v) is 7.27. The molecular weight excluding hydrogens is 206 g/mol. The summed E-state index contributed by atoms with van der Waals surface area (Å²) in [5.74, 6) is 1.19. The van der Waals surface area contributed by atoms with Gasteiger partial charge in [0.05, 0.1) is 0 Å². The van der Waals surface area contributed by atoms with Crippen LogP contribution < -0.4 is 5.73 Å². The molecule has 4 heteroatoms. The van der Waals surface area contributed by atoms with Gasteiger partial charge in [0.25, 0.3) is 0 Å². The fourth-order valence-electron chi connectivity index (χ4n) is 1.97. The highest BCUT2D eigenvalue weighted by Crippen LogP contribution is 2.04. The third-order valence-electron chi connectivity index (χ3n) is 3.00. The van der Waals surface area contributed by atoms with Gasteiger partial charge in [-0.2, -0.15) is 11.8 Å². The lowest BCUT2D eigenvalue weighted by Crippen LogP contribution is -2.39. The second kappa shape index (κ2) is 7.49. The van der Waals surface area contributed by atoms with E-state index >= 15 is 0 Å². The van der Waals surface area contributed by atoms with Crippen LogP contribution in [0.25, 0.3) is 0 Å². The van der Waals surface area contributed by atoms with Crippen molar-refractivity contribution in [3.05, 3.63) is 0 Å². The summed E-state index contributed by atoms with van der Waals surface area (Å²) < 4.78 is 0. The van der Waals surface area contributed by atoms with E-state index in [9.17, 15) is 0 Å². The van der Waals surface area contributed by atoms with Gasteiger partial charge in [-0.25, -0.2) is 0 Å². The van der Waals surface area contributed by atoms with Crippen LogP contribution in [0, 0.1) is 0 Å². The summed E-state index contributed by atoms with van der Waals surface area (Å²) in [5.41, 5.74) is 6.11. The van der Waals surface area contributed by atoms with E-state index in [1.165, 1.54) is 38.4 Å². The van der Waals surface area contributed by atoms with Crippen LogP contribution >= 0.6 is 11.8 Å². The van der Waals surface area contributed by atoms with Gasteiger partial charge in [0.15, 0.2) is 0 Å². The second-order valence-corrected chi connectivity index (χ2v) is 5.48. The van der Waals surface area contributed by atoms with Crippen molar-refractivity contribution in [2.24, 2.45) is 5.73 Å². The van der Waals surface area contributed by atoms with Gasteiger partial charge in [-0.15, -0.1) is 0 Å². The van der Waals surface area contributed by atoms with Crippen LogP contribution in [0.15, 0.2) is 0 Å². The van der Waals surface area contributed by atoms with E-state index < -0.39 is 0 Å². The quantitative estimate of drug-likeness (QED) is 0.755. The smallest absolute Gasteiger partial charge is 0.0175 e. The molecule has 1 atom stereocenters. The minimum Gasteiger partial charge on any atom is -0.327 e. The lowest BCUT2D eigenvalue weighted by molar-refractivity contribution is 0.259. The third kappa shape index (κ3) is 5.76. The molecule has 15 heavy (non-hydrogen) atoms. The predicted octanol–water partition coefficient (Wildman–Crippen LogP) is 0.704. The van der Waals surface area contributed by atoms with Gasteiger partial charge in [0, 0.05) is 25.7 Å². The van der Waals surface area contributed by atoms with Crippen molar-refractivity contribution in [2.45, 2.75) is 18.9 Å². The highest BCUT2D eigenvalue weighted by atomic mass is 32.2. The summed E-state index contributed by atoms with van der Waals surface area (Å²) in [6.45, 7) is 5.90. The molecule has 90 valence electrons. The maximum absolute atomic E-state index is 6.11. The summed E-state index contributed by atoms with van der Waals surface area (Å²) in [6, 6.07) is 0.362. The predicted molar refractivity (Wildman–Crippen MR) is 69.5 cm³/mol. The van der Waals surface area contributed by atoms with Crippen molar-refractivity contribution in [3.8, 4) is 0 Å². The Labute approximate surface area is 98.4 Å². The molecule has 0 bridgehead atoms. The molecule has 0 spiro atoms. The van der Waals surface area contributed by atoms with Crippen molar-refractivity contribution in [3.63, 3.8) is 0 Å². The Kier molecular flexibility index (Phi) is 6.64. The van der Waals surface area contributed by atoms with Gasteiger partial charge in [-0.05, 0) is 45.0 Å². The molecule has 0 aromatic heterocycles. The van der Waals surface area contributed by atoms with E-state index in [2.05, 4.69) is 23.1 Å². The normalized spacial score (nSPS) is 22.6. The van der Waals surface area contributed by atoms with Gasteiger partial charge in [0.1, 0.15) is 0 Å². The average Bonchev–Trinajstić information content (AvgIpc) is 2.41. The van der Waals surface area contributed by atoms with Gasteiger partial charge in [0.2, 0.25) is 0 Å². The summed E-state index contributed by atoms with van der Waals surface area (Å²) in [7, 11) is 2.21. The monoisotopic (exact) mass is 231 g/mol. The molecule has 1 saturated heterocycles. The van der Waals surface area contributed by atoms with Crippen molar-refractivity contribution in [1.29, 1.82) is 0 Å². The van der Waals surface area contributed by atoms with Crippen LogP contribution in [-0.2, 0) is 0 Å². The SMILES string of the molecule is CSCC[C@@H](N)CN1CCCN(C)CC1. The molecule has 0 saturated carbocycles. The molecule has 0 aliphatic carbocycles. The largest absolute Gasteiger partial charge is 0.327 e. The van der Waals surface area contributed by atoms with E-state index in [1.54, 1.807) is 0 Å². The van der Waals surface area contributed by atoms with E-state index in [0.29, 0.717) is 6.04 Å². The summed E-state index contributed by atoms with van der Waals surface area (Å²) in [4.78, 5) is 4.93. The molecule has 0 amide bonds. The number of nitrogens with two attached hydrogens (primary N) is 1. The molecule has 1 aliphatic heterocycles. The minimum absolute atomic E-state index is 0.362. The first kappa shape index (κ1) is 13.3. The standard InChI is InChI=1S/C11H25N3S/c1-13-5-3-6-14(8-7-13)10-11(12)4-9-15-2/h11H,3-10,12H2,1-2H3/t11-/m1/s1. The molecular formula is C11H25N3S. The first-order chi connectivity index (χ1) is 7.22. The number of thioether (sulfide) groups is 1. The van der Waals surface area contributed by atoms with Crippen molar-refractivity contribution < 1.29 is 0 Å². The third-order valence-corrected chi connectivity index (χ3v) is 3.64. The van der Waals surface area contributed by atoms with E-state index in [1.807, 2.05) is 11.8 Å². The van der Waals surface area contributed by atoms with Crippen LogP contribution in [0.3, 0.4) is 0 Å². The number of hydrogen-bond donors (Lipinski definition) is 1. The molecule has 0 aromatic carbocycles. The van der Waals surface area contributed by atoms with Gasteiger partial charge in [-0.3, -0.25) is 0 Å². The maximum atomic E-state index is 6.11. The van der Waals surface area contributed by atoms with E-state index in [0.717, 1.165) is 13.0 Å². The van der Waals surface area contributed by atoms with Crippen LogP contribution in [0.2, 0.25) is 0 Å². The second-order valence-electron chi connectivity index (χ2n) is 4.50. The number of rotatable bonds is 5. The Morgan fingerprint density at radius 1 is 1.27 bits per heavy atom. The Hall–Kier alpha value is 0.230. The molecule has 1 fully saturated rings. The zero-order valence-electron chi connectivity index (χ0n) is 10.1. The van der Waals surface area contributed by atoms with E-state index in [-0.39, 0.29) is 0 Å². The number of hydrogen-bond acceptors (Lipinski definition) is 4. The van der Waals surface area contributed by atoms with Crippen LogP contribution in [0.5, 0.6) is 0 Å². The Bertz CT molecular complexity index is 166. The Morgan fingerprint density at radius 2 is 2.07 bits per heavy atom. The molecule has 3 nitrogen and oxygen atoms in total. The number of likely N-dealkylation sites (N-methyl/N-ethyl adjacent to an activating group) is 1. The molecule has 1 heterocycles. The van der Waals surface area contributed by atoms with Gasteiger partial charge < -0.3 is 15.5 Å². The number of nitrogens with zero attached hydrogens (tertiary/aromatic N) is 2. The molecule has 0 aromatic rings. The molecule has 2 N–H and O–H groups in total. The Balaban J connectivity index is 2.18. The van der Waals surface area contributed by atoms with Crippen LogP contribution in [0.1, 0.15) is 12.8 Å². The summed E-state index contributed by atoms with van der Waals surface area (Å²) in [6.07, 6.45) is 4.58. The lowest BCUT2D eigenvalue weighted by atomic mass is 10.2. The zero-order valence-corrected chi connectivity index (χ0v) is 10.9. The van der Waals surface area contributed by atoms with Gasteiger partial charge in [-0.1, -0.05) is 0 Å². The highest BCUT2D eigenvalue weighted by Gasteiger charge is 2.14. The van der Waals surface area contributed by atoms with Crippen LogP contribution in [0.4, 0.5) is 0 Å². The van der Waals surface area contributed by atoms with Crippen LogP contribution in [-0.4, -0.2) is 67.6 Å².